The summed E-state index contributed by atoms with van der Waals surface area (Å²) in [5.41, 5.74) is 0. The Labute approximate surface area is 151 Å². The molecule has 25 heavy (non-hydrogen) atoms. The number of carboxylic acid groups (broad SMARTS) is 1. The predicted octanol–water partition coefficient (Wildman–Crippen LogP) is 3.35. The van der Waals surface area contributed by atoms with Crippen molar-refractivity contribution in [1.82, 2.24) is 0 Å². The number of rotatable bonds is 15. The van der Waals surface area contributed by atoms with Crippen LogP contribution in [-0.4, -0.2) is 44.7 Å². The van der Waals surface area contributed by atoms with Gasteiger partial charge < -0.3 is 20.4 Å². The van der Waals surface area contributed by atoms with E-state index in [9.17, 15) is 20.1 Å². The Morgan fingerprint density at radius 3 is 2.28 bits per heavy atom. The highest BCUT2D eigenvalue weighted by Crippen LogP contribution is 2.08. The van der Waals surface area contributed by atoms with Crippen molar-refractivity contribution in [2.75, 3.05) is 0 Å². The lowest BCUT2D eigenvalue weighted by Gasteiger charge is -2.19. The third-order valence-electron chi connectivity index (χ3n) is 3.80. The monoisotopic (exact) mass is 354 g/mol. The molecule has 5 heteroatoms. The Kier molecular flexibility index (Phi) is 15.1. The van der Waals surface area contributed by atoms with Gasteiger partial charge in [-0.1, -0.05) is 56.2 Å². The van der Waals surface area contributed by atoms with E-state index >= 15 is 0 Å². The van der Waals surface area contributed by atoms with Gasteiger partial charge in [-0.25, -0.2) is 0 Å². The first kappa shape index (κ1) is 23.6. The number of carboxylic acids is 1. The number of carbonyl (C=O) groups is 1. The van der Waals surface area contributed by atoms with E-state index in [1.165, 1.54) is 18.9 Å². The first-order valence-corrected chi connectivity index (χ1v) is 9.21. The molecule has 0 bridgehead atoms. The van der Waals surface area contributed by atoms with E-state index in [4.69, 9.17) is 5.11 Å². The van der Waals surface area contributed by atoms with Gasteiger partial charge in [-0.05, 0) is 38.5 Å². The summed E-state index contributed by atoms with van der Waals surface area (Å²) in [6.45, 7) is 2.15. The molecule has 5 nitrogen and oxygen atoms in total. The van der Waals surface area contributed by atoms with Crippen LogP contribution in [0.3, 0.4) is 0 Å². The van der Waals surface area contributed by atoms with Crippen molar-refractivity contribution >= 4 is 5.97 Å². The van der Waals surface area contributed by atoms with E-state index in [-0.39, 0.29) is 6.42 Å². The van der Waals surface area contributed by atoms with Crippen molar-refractivity contribution in [2.24, 2.45) is 0 Å². The first-order chi connectivity index (χ1) is 12.0. The van der Waals surface area contributed by atoms with Gasteiger partial charge in [0.05, 0.1) is 6.10 Å². The second-order valence-electron chi connectivity index (χ2n) is 6.17. The molecule has 0 aromatic heterocycles. The number of aliphatic hydroxyl groups is 3. The predicted molar refractivity (Wildman–Crippen MR) is 100 cm³/mol. The molecule has 0 saturated carbocycles. The van der Waals surface area contributed by atoms with Crippen molar-refractivity contribution in [3.05, 3.63) is 36.5 Å². The Morgan fingerprint density at radius 2 is 1.60 bits per heavy atom. The highest BCUT2D eigenvalue weighted by molar-refractivity contribution is 5.66. The summed E-state index contributed by atoms with van der Waals surface area (Å²) < 4.78 is 0. The standard InChI is InChI=1S/C20H34O5/c1-2-3-4-5-8-11-14-17(21)20(25)18(22)15-12-9-6-7-10-13-16-19(23)24/h6-8,11-12,15,17-18,20-22,25H,2-5,9-10,13-14,16H2,1H3,(H,23,24)/t17-,18?,20+/m1/s1. The van der Waals surface area contributed by atoms with Gasteiger partial charge in [-0.3, -0.25) is 4.79 Å². The summed E-state index contributed by atoms with van der Waals surface area (Å²) in [6.07, 6.45) is 14.3. The van der Waals surface area contributed by atoms with E-state index < -0.39 is 24.3 Å². The van der Waals surface area contributed by atoms with Crippen LogP contribution < -0.4 is 0 Å². The van der Waals surface area contributed by atoms with E-state index in [1.807, 2.05) is 24.3 Å². The molecule has 0 heterocycles. The summed E-state index contributed by atoms with van der Waals surface area (Å²) in [5, 5.41) is 38.1. The van der Waals surface area contributed by atoms with Crippen LogP contribution in [-0.2, 0) is 4.79 Å². The second kappa shape index (κ2) is 16.1. The molecule has 1 unspecified atom stereocenters. The zero-order chi connectivity index (χ0) is 18.9. The molecule has 0 amide bonds. The van der Waals surface area contributed by atoms with Crippen LogP contribution in [0.1, 0.15) is 64.7 Å². The molecular weight excluding hydrogens is 320 g/mol. The summed E-state index contributed by atoms with van der Waals surface area (Å²) in [4.78, 5) is 10.3. The maximum absolute atomic E-state index is 10.3. The average Bonchev–Trinajstić information content (AvgIpc) is 2.58. The third kappa shape index (κ3) is 14.6. The van der Waals surface area contributed by atoms with Crippen molar-refractivity contribution in [3.8, 4) is 0 Å². The molecule has 4 N–H and O–H groups in total. The fourth-order valence-electron chi connectivity index (χ4n) is 2.23. The summed E-state index contributed by atoms with van der Waals surface area (Å²) in [5.74, 6) is -0.792. The van der Waals surface area contributed by atoms with Crippen molar-refractivity contribution in [3.63, 3.8) is 0 Å². The zero-order valence-corrected chi connectivity index (χ0v) is 15.3. The lowest BCUT2D eigenvalue weighted by atomic mass is 10.0. The molecule has 0 aromatic rings. The van der Waals surface area contributed by atoms with Crippen LogP contribution in [0.15, 0.2) is 36.5 Å². The van der Waals surface area contributed by atoms with Gasteiger partial charge in [0.15, 0.2) is 0 Å². The largest absolute Gasteiger partial charge is 0.481 e. The van der Waals surface area contributed by atoms with Crippen LogP contribution in [0, 0.1) is 0 Å². The molecule has 0 saturated heterocycles. The average molecular weight is 354 g/mol. The van der Waals surface area contributed by atoms with E-state index in [1.54, 1.807) is 6.08 Å². The van der Waals surface area contributed by atoms with Gasteiger partial charge in [0, 0.05) is 6.42 Å². The topological polar surface area (TPSA) is 98.0 Å². The van der Waals surface area contributed by atoms with Crippen molar-refractivity contribution in [2.45, 2.75) is 83.0 Å². The lowest BCUT2D eigenvalue weighted by molar-refractivity contribution is -0.137. The Bertz CT molecular complexity index is 414. The Hall–Kier alpha value is -1.43. The Morgan fingerprint density at radius 1 is 0.920 bits per heavy atom. The SMILES string of the molecule is CCCCCC=CC[C@@H](O)[C@H](O)C(O)C=CCC=CCCCC(=O)O. The highest BCUT2D eigenvalue weighted by atomic mass is 16.4. The number of hydrogen-bond acceptors (Lipinski definition) is 4. The van der Waals surface area contributed by atoms with Crippen molar-refractivity contribution < 1.29 is 25.2 Å². The summed E-state index contributed by atoms with van der Waals surface area (Å²) >= 11 is 0. The van der Waals surface area contributed by atoms with Crippen LogP contribution in [0.5, 0.6) is 0 Å². The minimum absolute atomic E-state index is 0.163. The molecule has 0 fully saturated rings. The van der Waals surface area contributed by atoms with E-state index in [0.717, 1.165) is 12.8 Å². The fourth-order valence-corrected chi connectivity index (χ4v) is 2.23. The number of aliphatic carboxylic acids is 1. The first-order valence-electron chi connectivity index (χ1n) is 9.21. The normalized spacial score (nSPS) is 16.0. The van der Waals surface area contributed by atoms with Crippen LogP contribution >= 0.6 is 0 Å². The maximum atomic E-state index is 10.3. The quantitative estimate of drug-likeness (QED) is 0.267. The minimum atomic E-state index is -1.21. The highest BCUT2D eigenvalue weighted by Gasteiger charge is 2.21. The molecule has 0 aliphatic carbocycles. The molecule has 0 aromatic carbocycles. The van der Waals surface area contributed by atoms with Gasteiger partial charge in [0.2, 0.25) is 0 Å². The zero-order valence-electron chi connectivity index (χ0n) is 15.3. The number of unbranched alkanes of at least 4 members (excludes halogenated alkanes) is 4. The molecule has 3 atom stereocenters. The Balaban J connectivity index is 3.92. The molecule has 0 spiro atoms. The van der Waals surface area contributed by atoms with Gasteiger partial charge in [-0.15, -0.1) is 0 Å². The second-order valence-corrected chi connectivity index (χ2v) is 6.17. The van der Waals surface area contributed by atoms with Gasteiger partial charge >= 0.3 is 5.97 Å². The molecule has 0 rings (SSSR count). The molecule has 0 aliphatic heterocycles. The lowest BCUT2D eigenvalue weighted by Crippen LogP contribution is -2.35. The molecule has 0 aliphatic rings. The van der Waals surface area contributed by atoms with Crippen LogP contribution in [0.2, 0.25) is 0 Å². The number of aliphatic hydroxyl groups excluding tert-OH is 3. The van der Waals surface area contributed by atoms with Crippen LogP contribution in [0.25, 0.3) is 0 Å². The minimum Gasteiger partial charge on any atom is -0.481 e. The molecule has 0 radical (unpaired) electrons. The van der Waals surface area contributed by atoms with Gasteiger partial charge in [0.1, 0.15) is 12.2 Å². The summed E-state index contributed by atoms with van der Waals surface area (Å²) in [6, 6.07) is 0. The van der Waals surface area contributed by atoms with Gasteiger partial charge in [0.25, 0.3) is 0 Å². The third-order valence-corrected chi connectivity index (χ3v) is 3.80. The van der Waals surface area contributed by atoms with E-state index in [0.29, 0.717) is 25.7 Å². The number of allylic oxidation sites excluding steroid dienone is 4. The van der Waals surface area contributed by atoms with E-state index in [2.05, 4.69) is 6.92 Å². The molecule has 144 valence electrons. The van der Waals surface area contributed by atoms with Gasteiger partial charge in [-0.2, -0.15) is 0 Å². The van der Waals surface area contributed by atoms with Crippen molar-refractivity contribution in [1.29, 1.82) is 0 Å². The maximum Gasteiger partial charge on any atom is 0.303 e. The summed E-state index contributed by atoms with van der Waals surface area (Å²) in [7, 11) is 0. The fraction of sp³-hybridized carbons (Fsp3) is 0.650. The molecular formula is C20H34O5. The number of hydrogen-bond donors (Lipinski definition) is 4. The van der Waals surface area contributed by atoms with Crippen LogP contribution in [0.4, 0.5) is 0 Å². The smallest absolute Gasteiger partial charge is 0.303 e.